The van der Waals surface area contributed by atoms with Crippen molar-refractivity contribution in [3.8, 4) is 5.95 Å². The van der Waals surface area contributed by atoms with E-state index in [1.165, 1.54) is 19.2 Å². The van der Waals surface area contributed by atoms with Gasteiger partial charge in [-0.1, -0.05) is 0 Å². The zero-order chi connectivity index (χ0) is 13.1. The Bertz CT molecular complexity index is 532. The first kappa shape index (κ1) is 11.8. The summed E-state index contributed by atoms with van der Waals surface area (Å²) in [7, 11) is 0. The molecular formula is C11H16N8. The van der Waals surface area contributed by atoms with Crippen LogP contribution in [0.5, 0.6) is 0 Å². The third-order valence-corrected chi connectivity index (χ3v) is 2.96. The molecule has 3 rings (SSSR count). The molecule has 8 nitrogen and oxygen atoms in total. The molecule has 1 N–H and O–H groups in total. The van der Waals surface area contributed by atoms with Gasteiger partial charge in [-0.05, 0) is 19.8 Å². The quantitative estimate of drug-likeness (QED) is 0.856. The molecule has 100 valence electrons. The molecule has 19 heavy (non-hydrogen) atoms. The van der Waals surface area contributed by atoms with Crippen molar-refractivity contribution < 1.29 is 0 Å². The maximum Gasteiger partial charge on any atom is 0.258 e. The average Bonchev–Trinajstić information content (AvgIpc) is 3.12. The van der Waals surface area contributed by atoms with E-state index in [1.54, 1.807) is 11.0 Å². The molecule has 0 unspecified atom stereocenters. The van der Waals surface area contributed by atoms with Gasteiger partial charge >= 0.3 is 0 Å². The van der Waals surface area contributed by atoms with Crippen LogP contribution in [0.3, 0.4) is 0 Å². The maximum atomic E-state index is 4.46. The highest BCUT2D eigenvalue weighted by Crippen LogP contribution is 2.17. The Kier molecular flexibility index (Phi) is 3.21. The number of nitrogens with zero attached hydrogens (tertiary/aromatic N) is 7. The molecule has 3 heterocycles. The number of aromatic nitrogens is 6. The topological polar surface area (TPSA) is 84.7 Å². The average molecular weight is 260 g/mol. The molecule has 0 aliphatic carbocycles. The Balaban J connectivity index is 1.98. The summed E-state index contributed by atoms with van der Waals surface area (Å²) in [6.07, 6.45) is 5.41. The Labute approximate surface area is 110 Å². The minimum Gasteiger partial charge on any atom is -0.354 e. The van der Waals surface area contributed by atoms with Crippen LogP contribution in [0.15, 0.2) is 12.7 Å². The molecule has 1 aliphatic heterocycles. The van der Waals surface area contributed by atoms with Gasteiger partial charge in [0.1, 0.15) is 12.7 Å². The van der Waals surface area contributed by atoms with Crippen LogP contribution in [0.25, 0.3) is 5.95 Å². The molecule has 1 aliphatic rings. The van der Waals surface area contributed by atoms with Crippen molar-refractivity contribution in [2.45, 2.75) is 19.8 Å². The van der Waals surface area contributed by atoms with Gasteiger partial charge in [0.15, 0.2) is 0 Å². The first-order chi connectivity index (χ1) is 9.36. The Morgan fingerprint density at radius 2 is 1.95 bits per heavy atom. The Morgan fingerprint density at radius 1 is 1.16 bits per heavy atom. The molecular weight excluding hydrogens is 244 g/mol. The summed E-state index contributed by atoms with van der Waals surface area (Å²) in [6, 6.07) is 0. The van der Waals surface area contributed by atoms with Crippen molar-refractivity contribution in [1.29, 1.82) is 0 Å². The first-order valence-electron chi connectivity index (χ1n) is 6.46. The number of anilines is 2. The monoisotopic (exact) mass is 260 g/mol. The zero-order valence-electron chi connectivity index (χ0n) is 10.8. The van der Waals surface area contributed by atoms with Gasteiger partial charge in [0.25, 0.3) is 5.95 Å². The van der Waals surface area contributed by atoms with Gasteiger partial charge in [-0.15, -0.1) is 0 Å². The highest BCUT2D eigenvalue weighted by Gasteiger charge is 2.17. The fraction of sp³-hybridized carbons (Fsp3) is 0.545. The summed E-state index contributed by atoms with van der Waals surface area (Å²) in [4.78, 5) is 19.3. The smallest absolute Gasteiger partial charge is 0.258 e. The van der Waals surface area contributed by atoms with E-state index in [0.717, 1.165) is 19.6 Å². The molecule has 8 heteroatoms. The minimum atomic E-state index is 0.491. The van der Waals surface area contributed by atoms with Gasteiger partial charge in [0.05, 0.1) is 0 Å². The van der Waals surface area contributed by atoms with Crippen LogP contribution in [0.2, 0.25) is 0 Å². The molecule has 0 spiro atoms. The summed E-state index contributed by atoms with van der Waals surface area (Å²) < 4.78 is 1.54. The molecule has 2 aromatic rings. The zero-order valence-corrected chi connectivity index (χ0v) is 10.8. The largest absolute Gasteiger partial charge is 0.354 e. The molecule has 1 fully saturated rings. The van der Waals surface area contributed by atoms with Crippen LogP contribution in [-0.4, -0.2) is 49.4 Å². The van der Waals surface area contributed by atoms with Crippen molar-refractivity contribution in [1.82, 2.24) is 29.7 Å². The van der Waals surface area contributed by atoms with Crippen molar-refractivity contribution >= 4 is 11.9 Å². The van der Waals surface area contributed by atoms with Crippen LogP contribution < -0.4 is 10.2 Å². The lowest BCUT2D eigenvalue weighted by molar-refractivity contribution is 0.777. The highest BCUT2D eigenvalue weighted by molar-refractivity contribution is 5.40. The van der Waals surface area contributed by atoms with Crippen LogP contribution in [-0.2, 0) is 0 Å². The summed E-state index contributed by atoms with van der Waals surface area (Å²) in [5, 5.41) is 7.19. The second-order valence-electron chi connectivity index (χ2n) is 4.32. The lowest BCUT2D eigenvalue weighted by Crippen LogP contribution is -2.22. The summed E-state index contributed by atoms with van der Waals surface area (Å²) in [6.45, 7) is 4.76. The standard InChI is InChI=1S/C11H16N8/c1-2-13-9-15-10(18-5-3-4-6-18)17-11(16-9)19-8-12-7-14-19/h7-8H,2-6H2,1H3,(H,13,15,16,17). The van der Waals surface area contributed by atoms with E-state index < -0.39 is 0 Å². The van der Waals surface area contributed by atoms with Crippen molar-refractivity contribution in [2.75, 3.05) is 29.9 Å². The van der Waals surface area contributed by atoms with Gasteiger partial charge in [0, 0.05) is 19.6 Å². The highest BCUT2D eigenvalue weighted by atomic mass is 15.4. The third kappa shape index (κ3) is 2.47. The molecule has 0 bridgehead atoms. The summed E-state index contributed by atoms with van der Waals surface area (Å²) in [5.41, 5.74) is 0. The molecule has 0 radical (unpaired) electrons. The van der Waals surface area contributed by atoms with E-state index in [1.807, 2.05) is 6.92 Å². The van der Waals surface area contributed by atoms with Crippen LogP contribution in [0, 0.1) is 0 Å². The summed E-state index contributed by atoms with van der Waals surface area (Å²) in [5.74, 6) is 1.77. The van der Waals surface area contributed by atoms with E-state index in [0.29, 0.717) is 17.8 Å². The minimum absolute atomic E-state index is 0.491. The molecule has 0 amide bonds. The van der Waals surface area contributed by atoms with Crippen molar-refractivity contribution in [3.05, 3.63) is 12.7 Å². The number of hydrogen-bond acceptors (Lipinski definition) is 7. The van der Waals surface area contributed by atoms with Gasteiger partial charge in [-0.3, -0.25) is 0 Å². The SMILES string of the molecule is CCNc1nc(N2CCCC2)nc(-n2cncn2)n1. The van der Waals surface area contributed by atoms with Crippen LogP contribution in [0.1, 0.15) is 19.8 Å². The van der Waals surface area contributed by atoms with Gasteiger partial charge in [0.2, 0.25) is 11.9 Å². The Morgan fingerprint density at radius 3 is 2.63 bits per heavy atom. The van der Waals surface area contributed by atoms with E-state index in [9.17, 15) is 0 Å². The second kappa shape index (κ2) is 5.17. The number of rotatable bonds is 4. The fourth-order valence-corrected chi connectivity index (χ4v) is 2.06. The second-order valence-corrected chi connectivity index (χ2v) is 4.32. The lowest BCUT2D eigenvalue weighted by Gasteiger charge is -2.16. The van der Waals surface area contributed by atoms with Gasteiger partial charge < -0.3 is 10.2 Å². The molecule has 2 aromatic heterocycles. The predicted molar refractivity (Wildman–Crippen MR) is 70.4 cm³/mol. The third-order valence-electron chi connectivity index (χ3n) is 2.96. The molecule has 1 saturated heterocycles. The van der Waals surface area contributed by atoms with E-state index in [4.69, 9.17) is 0 Å². The van der Waals surface area contributed by atoms with Crippen molar-refractivity contribution in [3.63, 3.8) is 0 Å². The molecule has 0 saturated carbocycles. The van der Waals surface area contributed by atoms with Crippen LogP contribution >= 0.6 is 0 Å². The normalized spacial score (nSPS) is 14.9. The summed E-state index contributed by atoms with van der Waals surface area (Å²) >= 11 is 0. The van der Waals surface area contributed by atoms with Crippen molar-refractivity contribution in [2.24, 2.45) is 0 Å². The van der Waals surface area contributed by atoms with E-state index in [2.05, 4.69) is 35.3 Å². The maximum absolute atomic E-state index is 4.46. The molecule has 0 atom stereocenters. The van der Waals surface area contributed by atoms with Crippen LogP contribution in [0.4, 0.5) is 11.9 Å². The molecule has 0 aromatic carbocycles. The Hall–Kier alpha value is -2.25. The van der Waals surface area contributed by atoms with E-state index in [-0.39, 0.29) is 0 Å². The van der Waals surface area contributed by atoms with Gasteiger partial charge in [-0.2, -0.15) is 24.7 Å². The number of hydrogen-bond donors (Lipinski definition) is 1. The first-order valence-corrected chi connectivity index (χ1v) is 6.46. The van der Waals surface area contributed by atoms with E-state index >= 15 is 0 Å². The predicted octanol–water partition coefficient (Wildman–Crippen LogP) is 0.484. The van der Waals surface area contributed by atoms with Gasteiger partial charge in [-0.25, -0.2) is 4.98 Å². The fourth-order valence-electron chi connectivity index (χ4n) is 2.06. The lowest BCUT2D eigenvalue weighted by atomic mass is 10.4. The number of nitrogens with one attached hydrogen (secondary N) is 1.